The summed E-state index contributed by atoms with van der Waals surface area (Å²) in [5.74, 6) is 0.238. The van der Waals surface area contributed by atoms with Gasteiger partial charge in [0.2, 0.25) is 0 Å². The number of aromatic nitrogens is 3. The number of imidazole rings is 1. The van der Waals surface area contributed by atoms with E-state index in [2.05, 4.69) is 33.7 Å². The minimum absolute atomic E-state index is 0.0986. The van der Waals surface area contributed by atoms with Crippen molar-refractivity contribution in [2.45, 2.75) is 20.4 Å². The third-order valence-electron chi connectivity index (χ3n) is 5.77. The van der Waals surface area contributed by atoms with E-state index in [-0.39, 0.29) is 5.56 Å². The van der Waals surface area contributed by atoms with Gasteiger partial charge < -0.3 is 25.3 Å². The summed E-state index contributed by atoms with van der Waals surface area (Å²) in [5, 5.41) is 10.6. The molecule has 0 unspecified atom stereocenters. The number of benzene rings is 2. The van der Waals surface area contributed by atoms with Crippen LogP contribution in [0.15, 0.2) is 42.7 Å². The van der Waals surface area contributed by atoms with Gasteiger partial charge >= 0.3 is 5.97 Å². The van der Waals surface area contributed by atoms with Crippen molar-refractivity contribution in [1.82, 2.24) is 19.9 Å². The molecule has 37 heavy (non-hydrogen) atoms. The Bertz CT molecular complexity index is 1360. The summed E-state index contributed by atoms with van der Waals surface area (Å²) >= 11 is 13.0. The van der Waals surface area contributed by atoms with Crippen molar-refractivity contribution < 1.29 is 19.4 Å². The van der Waals surface area contributed by atoms with Crippen LogP contribution in [-0.2, 0) is 6.54 Å². The van der Waals surface area contributed by atoms with E-state index in [1.165, 1.54) is 26.5 Å². The Balaban J connectivity index is 0.000000266. The topological polar surface area (TPSA) is 127 Å². The molecule has 2 aromatic carbocycles. The number of methoxy groups -OCH3 is 2. The molecule has 2 heterocycles. The van der Waals surface area contributed by atoms with Gasteiger partial charge in [0.15, 0.2) is 5.95 Å². The average molecular weight is 546 g/mol. The Labute approximate surface area is 225 Å². The minimum Gasteiger partial charge on any atom is -0.495 e. The van der Waals surface area contributed by atoms with Gasteiger partial charge in [-0.15, -0.1) is 0 Å². The predicted octanol–water partition coefficient (Wildman–Crippen LogP) is 5.76. The van der Waals surface area contributed by atoms with Crippen molar-refractivity contribution in [3.63, 3.8) is 0 Å². The lowest BCUT2D eigenvalue weighted by Gasteiger charge is -2.16. The number of anilines is 1. The van der Waals surface area contributed by atoms with Gasteiger partial charge in [-0.25, -0.2) is 9.78 Å². The van der Waals surface area contributed by atoms with Crippen LogP contribution in [0.2, 0.25) is 10.0 Å². The summed E-state index contributed by atoms with van der Waals surface area (Å²) in [5.41, 5.74) is 8.04. The molecule has 4 rings (SSSR count). The molecule has 0 spiro atoms. The number of fused-ring (bicyclic) bond motifs is 1. The predicted molar refractivity (Wildman–Crippen MR) is 147 cm³/mol. The fraction of sp³-hybridized carbons (Fsp3) is 0.269. The van der Waals surface area contributed by atoms with E-state index >= 15 is 0 Å². The lowest BCUT2D eigenvalue weighted by Crippen LogP contribution is -2.22. The molecular weight excluding hydrogens is 517 g/mol. The zero-order valence-electron chi connectivity index (χ0n) is 21.0. The Morgan fingerprint density at radius 1 is 1.11 bits per heavy atom. The van der Waals surface area contributed by atoms with Gasteiger partial charge in [-0.2, -0.15) is 0 Å². The minimum atomic E-state index is -1.06. The molecule has 0 atom stereocenters. The zero-order chi connectivity index (χ0) is 27.1. The van der Waals surface area contributed by atoms with Gasteiger partial charge in [0.25, 0.3) is 0 Å². The Morgan fingerprint density at radius 3 is 2.27 bits per heavy atom. The molecule has 196 valence electrons. The molecule has 0 fully saturated rings. The van der Waals surface area contributed by atoms with Gasteiger partial charge in [0.1, 0.15) is 11.5 Å². The van der Waals surface area contributed by atoms with Crippen LogP contribution in [-0.4, -0.2) is 58.2 Å². The molecule has 0 amide bonds. The fourth-order valence-corrected chi connectivity index (χ4v) is 4.52. The highest BCUT2D eigenvalue weighted by molar-refractivity contribution is 6.41. The number of carboxylic acid groups (broad SMARTS) is 1. The van der Waals surface area contributed by atoms with E-state index in [1.54, 1.807) is 24.3 Å². The van der Waals surface area contributed by atoms with Crippen LogP contribution in [0.3, 0.4) is 0 Å². The zero-order valence-corrected chi connectivity index (χ0v) is 22.5. The maximum absolute atomic E-state index is 11.5. The van der Waals surface area contributed by atoms with Gasteiger partial charge in [0, 0.05) is 36.0 Å². The summed E-state index contributed by atoms with van der Waals surface area (Å²) in [6, 6.07) is 8.21. The van der Waals surface area contributed by atoms with E-state index < -0.39 is 5.97 Å². The van der Waals surface area contributed by atoms with Crippen LogP contribution < -0.4 is 15.2 Å². The monoisotopic (exact) mass is 545 g/mol. The summed E-state index contributed by atoms with van der Waals surface area (Å²) < 4.78 is 10.6. The Hall–Kier alpha value is -3.53. The quantitative estimate of drug-likeness (QED) is 0.255. The summed E-state index contributed by atoms with van der Waals surface area (Å²) in [4.78, 5) is 24.9. The second-order valence-corrected chi connectivity index (χ2v) is 8.64. The second-order valence-electron chi connectivity index (χ2n) is 7.89. The number of pyridine rings is 1. The molecule has 4 N–H and O–H groups in total. The van der Waals surface area contributed by atoms with Crippen molar-refractivity contribution in [3.8, 4) is 22.6 Å². The number of hydrogen-bond acceptors (Lipinski definition) is 7. The van der Waals surface area contributed by atoms with E-state index in [1.807, 2.05) is 6.20 Å². The summed E-state index contributed by atoms with van der Waals surface area (Å²) in [6.45, 7) is 7.24. The number of hydrogen-bond donors (Lipinski definition) is 3. The number of halogens is 2. The summed E-state index contributed by atoms with van der Waals surface area (Å²) in [6.07, 6.45) is 3.39. The highest BCUT2D eigenvalue weighted by Gasteiger charge is 2.22. The van der Waals surface area contributed by atoms with Crippen molar-refractivity contribution in [2.75, 3.05) is 33.0 Å². The van der Waals surface area contributed by atoms with Gasteiger partial charge in [-0.1, -0.05) is 49.2 Å². The van der Waals surface area contributed by atoms with E-state index in [9.17, 15) is 9.90 Å². The number of nitrogens with two attached hydrogens (primary N) is 1. The molecule has 11 heteroatoms. The van der Waals surface area contributed by atoms with Crippen molar-refractivity contribution >= 4 is 46.0 Å². The average Bonchev–Trinajstić information content (AvgIpc) is 3.32. The number of aromatic amines is 1. The van der Waals surface area contributed by atoms with Crippen molar-refractivity contribution in [3.05, 3.63) is 64.0 Å². The number of ether oxygens (including phenoxy) is 2. The third kappa shape index (κ3) is 6.25. The lowest BCUT2D eigenvalue weighted by atomic mass is 9.97. The number of nitrogens with zero attached hydrogens (tertiary/aromatic N) is 3. The molecule has 0 saturated carbocycles. The number of carboxylic acids is 1. The summed E-state index contributed by atoms with van der Waals surface area (Å²) in [7, 11) is 2.98. The molecule has 0 saturated heterocycles. The molecule has 4 aromatic rings. The number of nitrogens with one attached hydrogen (secondary N) is 1. The molecule has 0 aliphatic heterocycles. The molecule has 0 aliphatic carbocycles. The number of rotatable bonds is 8. The van der Waals surface area contributed by atoms with Crippen LogP contribution >= 0.6 is 23.2 Å². The molecular formula is C26H29Cl2N5O4. The van der Waals surface area contributed by atoms with E-state index in [0.717, 1.165) is 25.3 Å². The number of aromatic carboxylic acids is 1. The molecule has 0 aliphatic rings. The lowest BCUT2D eigenvalue weighted by molar-refractivity contribution is 0.0699. The smallest absolute Gasteiger partial charge is 0.337 e. The van der Waals surface area contributed by atoms with Gasteiger partial charge in [0.05, 0.1) is 41.0 Å². The largest absolute Gasteiger partial charge is 0.495 e. The molecule has 2 aromatic heterocycles. The normalized spacial score (nSPS) is 10.8. The van der Waals surface area contributed by atoms with Crippen LogP contribution in [0.4, 0.5) is 5.95 Å². The SMILES string of the molecule is CCN(CC)Cc1c[nH]c(N)n1.COc1cc(OC)c(Cl)c(-c2ccc(C(=O)O)c3ncccc23)c1Cl. The molecule has 9 nitrogen and oxygen atoms in total. The van der Waals surface area contributed by atoms with Crippen molar-refractivity contribution in [1.29, 1.82) is 0 Å². The first-order valence-corrected chi connectivity index (χ1v) is 12.2. The van der Waals surface area contributed by atoms with Crippen LogP contribution in [0.5, 0.6) is 11.5 Å². The van der Waals surface area contributed by atoms with Crippen molar-refractivity contribution in [2.24, 2.45) is 0 Å². The maximum atomic E-state index is 11.5. The first-order valence-electron chi connectivity index (χ1n) is 11.5. The number of H-pyrrole nitrogens is 1. The Kier molecular flexibility index (Phi) is 9.57. The first kappa shape index (κ1) is 28.0. The van der Waals surface area contributed by atoms with Crippen LogP contribution in [0.25, 0.3) is 22.0 Å². The van der Waals surface area contributed by atoms with Gasteiger partial charge in [-0.05, 0) is 30.8 Å². The molecule has 0 bridgehead atoms. The Morgan fingerprint density at radius 2 is 1.76 bits per heavy atom. The second kappa shape index (κ2) is 12.6. The number of carbonyl (C=O) groups is 1. The van der Waals surface area contributed by atoms with Crippen LogP contribution in [0.1, 0.15) is 29.9 Å². The highest BCUT2D eigenvalue weighted by Crippen LogP contribution is 2.47. The van der Waals surface area contributed by atoms with Gasteiger partial charge in [-0.3, -0.25) is 9.88 Å². The standard InChI is InChI=1S/C18H13Cl2NO4.C8H16N4/c1-24-12-8-13(25-2)16(20)14(15(12)19)9-5-6-11(18(22)23)17-10(9)4-3-7-21-17;1-3-12(4-2)6-7-5-10-8(9)11-7/h3-8H,1-2H3,(H,22,23);5H,3-4,6H2,1-2H3,(H3,9,10,11). The molecule has 0 radical (unpaired) electrons. The van der Waals surface area contributed by atoms with Crippen LogP contribution in [0, 0.1) is 0 Å². The number of nitrogen functional groups attached to an aromatic ring is 1. The highest BCUT2D eigenvalue weighted by atomic mass is 35.5. The first-order chi connectivity index (χ1) is 17.7. The third-order valence-corrected chi connectivity index (χ3v) is 6.52. The fourth-order valence-electron chi connectivity index (χ4n) is 3.82. The van der Waals surface area contributed by atoms with E-state index in [0.29, 0.717) is 49.5 Å². The van der Waals surface area contributed by atoms with E-state index in [4.69, 9.17) is 38.4 Å². The maximum Gasteiger partial charge on any atom is 0.337 e.